The standard InChI is InChI=1S/C28H30N4O4S/c1-37(34,35)25-6-2-4-21(14-25)26-16-30-32-17-22(15-29-27(26)32)20-7-9-24(10-8-20)36-28(11-12-28)19-31-13-3-5-23(33)18-31/h2,4,6-10,14-17,23,33H,3,5,11-13,18-19H2,1H3. The summed E-state index contributed by atoms with van der Waals surface area (Å²) in [6.45, 7) is 2.62. The van der Waals surface area contributed by atoms with Crippen molar-refractivity contribution in [1.82, 2.24) is 19.5 Å². The summed E-state index contributed by atoms with van der Waals surface area (Å²) in [6, 6.07) is 14.9. The number of ether oxygens (including phenoxy) is 1. The van der Waals surface area contributed by atoms with E-state index in [1.165, 1.54) is 6.26 Å². The van der Waals surface area contributed by atoms with Gasteiger partial charge in [0.25, 0.3) is 0 Å². The number of hydrogen-bond acceptors (Lipinski definition) is 7. The molecule has 2 aliphatic rings. The highest BCUT2D eigenvalue weighted by molar-refractivity contribution is 7.90. The van der Waals surface area contributed by atoms with Crippen molar-refractivity contribution in [1.29, 1.82) is 0 Å². The molecule has 1 unspecified atom stereocenters. The van der Waals surface area contributed by atoms with Crippen LogP contribution < -0.4 is 4.74 Å². The first-order valence-corrected chi connectivity index (χ1v) is 14.5. The number of sulfone groups is 1. The van der Waals surface area contributed by atoms with E-state index in [1.54, 1.807) is 35.1 Å². The van der Waals surface area contributed by atoms with E-state index in [-0.39, 0.29) is 16.6 Å². The van der Waals surface area contributed by atoms with Gasteiger partial charge in [-0.05, 0) is 67.6 Å². The lowest BCUT2D eigenvalue weighted by Crippen LogP contribution is -2.44. The molecule has 0 bridgehead atoms. The van der Waals surface area contributed by atoms with Gasteiger partial charge in [0, 0.05) is 42.9 Å². The number of fused-ring (bicyclic) bond motifs is 1. The zero-order chi connectivity index (χ0) is 25.6. The van der Waals surface area contributed by atoms with E-state index in [9.17, 15) is 13.5 Å². The second-order valence-corrected chi connectivity index (χ2v) is 12.3. The summed E-state index contributed by atoms with van der Waals surface area (Å²) in [4.78, 5) is 7.24. The predicted octanol–water partition coefficient (Wildman–Crippen LogP) is 3.83. The van der Waals surface area contributed by atoms with Crippen LogP contribution in [0.4, 0.5) is 0 Å². The number of rotatable bonds is 7. The van der Waals surface area contributed by atoms with Crippen molar-refractivity contribution in [3.63, 3.8) is 0 Å². The van der Waals surface area contributed by atoms with Crippen LogP contribution in [0, 0.1) is 0 Å². The molecule has 0 amide bonds. The van der Waals surface area contributed by atoms with Gasteiger partial charge in [-0.3, -0.25) is 4.90 Å². The lowest BCUT2D eigenvalue weighted by atomic mass is 10.1. The van der Waals surface area contributed by atoms with E-state index in [0.29, 0.717) is 5.65 Å². The van der Waals surface area contributed by atoms with Gasteiger partial charge in [0.05, 0.1) is 17.2 Å². The zero-order valence-electron chi connectivity index (χ0n) is 20.7. The summed E-state index contributed by atoms with van der Waals surface area (Å²) in [6.07, 6.45) is 10.4. The number of likely N-dealkylation sites (tertiary alicyclic amines) is 1. The lowest BCUT2D eigenvalue weighted by molar-refractivity contribution is 0.0389. The van der Waals surface area contributed by atoms with Gasteiger partial charge in [-0.15, -0.1) is 0 Å². The van der Waals surface area contributed by atoms with Crippen LogP contribution in [-0.4, -0.2) is 70.6 Å². The predicted molar refractivity (Wildman–Crippen MR) is 141 cm³/mol. The smallest absolute Gasteiger partial charge is 0.175 e. The fourth-order valence-electron chi connectivity index (χ4n) is 5.10. The monoisotopic (exact) mass is 518 g/mol. The molecule has 1 saturated carbocycles. The van der Waals surface area contributed by atoms with Crippen molar-refractivity contribution < 1.29 is 18.3 Å². The van der Waals surface area contributed by atoms with Gasteiger partial charge >= 0.3 is 0 Å². The van der Waals surface area contributed by atoms with Gasteiger partial charge in [0.1, 0.15) is 11.4 Å². The van der Waals surface area contributed by atoms with Crippen molar-refractivity contribution in [2.24, 2.45) is 0 Å². The molecule has 9 heteroatoms. The van der Waals surface area contributed by atoms with Gasteiger partial charge < -0.3 is 9.84 Å². The Kier molecular flexibility index (Phi) is 6.01. The number of hydrogen-bond donors (Lipinski definition) is 1. The van der Waals surface area contributed by atoms with Gasteiger partial charge in [-0.25, -0.2) is 17.9 Å². The molecule has 1 N–H and O–H groups in total. The largest absolute Gasteiger partial charge is 0.486 e. The second-order valence-electron chi connectivity index (χ2n) is 10.3. The highest BCUT2D eigenvalue weighted by Gasteiger charge is 2.47. The molecule has 2 aromatic heterocycles. The highest BCUT2D eigenvalue weighted by atomic mass is 32.2. The SMILES string of the molecule is CS(=O)(=O)c1cccc(-c2cnn3cc(-c4ccc(OC5(CN6CCCC(O)C6)CC5)cc4)cnc23)c1. The molecular formula is C28H30N4O4S. The maximum atomic E-state index is 12.0. The Labute approximate surface area is 216 Å². The topological polar surface area (TPSA) is 97.0 Å². The van der Waals surface area contributed by atoms with E-state index in [0.717, 1.165) is 73.3 Å². The summed E-state index contributed by atoms with van der Waals surface area (Å²) in [5.74, 6) is 0.847. The van der Waals surface area contributed by atoms with Gasteiger partial charge in [-0.1, -0.05) is 24.3 Å². The maximum absolute atomic E-state index is 12.0. The van der Waals surface area contributed by atoms with Crippen LogP contribution in [0.15, 0.2) is 72.0 Å². The van der Waals surface area contributed by atoms with Crippen LogP contribution in [0.3, 0.4) is 0 Å². The average molecular weight is 519 g/mol. The van der Waals surface area contributed by atoms with Crippen LogP contribution in [0.25, 0.3) is 27.9 Å². The summed E-state index contributed by atoms with van der Waals surface area (Å²) >= 11 is 0. The average Bonchev–Trinajstić information content (AvgIpc) is 3.49. The number of nitrogens with zero attached hydrogens (tertiary/aromatic N) is 4. The first kappa shape index (κ1) is 24.1. The molecular weight excluding hydrogens is 488 g/mol. The van der Waals surface area contributed by atoms with Crippen molar-refractivity contribution in [3.8, 4) is 28.0 Å². The Morgan fingerprint density at radius 3 is 2.62 bits per heavy atom. The number of aliphatic hydroxyl groups excluding tert-OH is 1. The highest BCUT2D eigenvalue weighted by Crippen LogP contribution is 2.41. The molecule has 1 aliphatic carbocycles. The molecule has 1 saturated heterocycles. The van der Waals surface area contributed by atoms with E-state index < -0.39 is 9.84 Å². The van der Waals surface area contributed by atoms with Crippen LogP contribution >= 0.6 is 0 Å². The third-order valence-electron chi connectivity index (χ3n) is 7.25. The molecule has 3 heterocycles. The summed E-state index contributed by atoms with van der Waals surface area (Å²) in [7, 11) is -3.30. The molecule has 192 valence electrons. The van der Waals surface area contributed by atoms with Crippen LogP contribution in [-0.2, 0) is 9.84 Å². The Bertz CT molecular complexity index is 1540. The normalized spacial score (nSPS) is 19.7. The summed E-state index contributed by atoms with van der Waals surface area (Å²) in [5, 5.41) is 14.4. The van der Waals surface area contributed by atoms with Crippen LogP contribution in [0.5, 0.6) is 5.75 Å². The van der Waals surface area contributed by atoms with E-state index in [4.69, 9.17) is 4.74 Å². The number of aliphatic hydroxyl groups is 1. The maximum Gasteiger partial charge on any atom is 0.175 e. The molecule has 1 aliphatic heterocycles. The minimum absolute atomic E-state index is 0.140. The Hall–Kier alpha value is -3.27. The van der Waals surface area contributed by atoms with Crippen molar-refractivity contribution in [2.75, 3.05) is 25.9 Å². The van der Waals surface area contributed by atoms with Gasteiger partial charge in [0.15, 0.2) is 15.5 Å². The number of aromatic nitrogens is 3. The van der Waals surface area contributed by atoms with E-state index in [1.807, 2.05) is 36.5 Å². The quantitative estimate of drug-likeness (QED) is 0.397. The number of β-amino-alcohol motifs (C(OH)–C–C–N with tert-alkyl or cyclic N) is 1. The third-order valence-corrected chi connectivity index (χ3v) is 8.36. The van der Waals surface area contributed by atoms with Gasteiger partial charge in [-0.2, -0.15) is 5.10 Å². The summed E-state index contributed by atoms with van der Waals surface area (Å²) < 4.78 is 32.1. The van der Waals surface area contributed by atoms with Crippen LogP contribution in [0.2, 0.25) is 0 Å². The Morgan fingerprint density at radius 2 is 1.89 bits per heavy atom. The third kappa shape index (κ3) is 5.12. The van der Waals surface area contributed by atoms with Crippen molar-refractivity contribution in [2.45, 2.75) is 42.3 Å². The number of piperidine rings is 1. The molecule has 6 rings (SSSR count). The van der Waals surface area contributed by atoms with E-state index in [2.05, 4.69) is 15.0 Å². The van der Waals surface area contributed by atoms with Crippen LogP contribution in [0.1, 0.15) is 25.7 Å². The fourth-order valence-corrected chi connectivity index (χ4v) is 5.77. The lowest BCUT2D eigenvalue weighted by Gasteiger charge is -2.33. The Balaban J connectivity index is 1.19. The molecule has 0 radical (unpaired) electrons. The minimum atomic E-state index is -3.30. The van der Waals surface area contributed by atoms with E-state index >= 15 is 0 Å². The van der Waals surface area contributed by atoms with Gasteiger partial charge in [0.2, 0.25) is 0 Å². The summed E-state index contributed by atoms with van der Waals surface area (Å²) in [5.41, 5.74) is 3.97. The molecule has 8 nitrogen and oxygen atoms in total. The zero-order valence-corrected chi connectivity index (χ0v) is 21.6. The van der Waals surface area contributed by atoms with Crippen molar-refractivity contribution in [3.05, 3.63) is 67.1 Å². The molecule has 2 aromatic carbocycles. The number of benzene rings is 2. The molecule has 0 spiro atoms. The molecule has 1 atom stereocenters. The molecule has 37 heavy (non-hydrogen) atoms. The second kappa shape index (κ2) is 9.24. The van der Waals surface area contributed by atoms with Crippen molar-refractivity contribution >= 4 is 15.5 Å². The first-order chi connectivity index (χ1) is 17.8. The minimum Gasteiger partial charge on any atom is -0.486 e. The first-order valence-electron chi connectivity index (χ1n) is 12.6. The Morgan fingerprint density at radius 1 is 1.08 bits per heavy atom. The molecule has 4 aromatic rings. The fraction of sp³-hybridized carbons (Fsp3) is 0.357. The molecule has 2 fully saturated rings.